The van der Waals surface area contributed by atoms with Gasteiger partial charge in [0.25, 0.3) is 0 Å². The van der Waals surface area contributed by atoms with E-state index in [0.29, 0.717) is 26.2 Å². The van der Waals surface area contributed by atoms with E-state index in [1.54, 1.807) is 36.4 Å². The molecule has 0 radical (unpaired) electrons. The van der Waals surface area contributed by atoms with Gasteiger partial charge < -0.3 is 0 Å². The lowest BCUT2D eigenvalue weighted by atomic mass is 10.0. The van der Waals surface area contributed by atoms with E-state index in [0.717, 1.165) is 4.47 Å². The van der Waals surface area contributed by atoms with Crippen LogP contribution in [-0.4, -0.2) is 5.78 Å². The lowest BCUT2D eigenvalue weighted by molar-refractivity contribution is 0.0993. The average molecular weight is 378 g/mol. The molecule has 0 aromatic heterocycles. The molecule has 2 aromatic rings. The molecule has 0 atom stereocenters. The van der Waals surface area contributed by atoms with Gasteiger partial charge in [0.1, 0.15) is 0 Å². The lowest BCUT2D eigenvalue weighted by Crippen LogP contribution is -2.04. The molecule has 2 rings (SSSR count). The van der Waals surface area contributed by atoms with Gasteiger partial charge in [-0.05, 0) is 35.9 Å². The van der Waals surface area contributed by atoms with Gasteiger partial charge in [0.05, 0.1) is 0 Å². The monoisotopic (exact) mass is 376 g/mol. The Balaban J connectivity index is 2.31. The van der Waals surface area contributed by atoms with Gasteiger partial charge in [-0.2, -0.15) is 0 Å². The van der Waals surface area contributed by atoms with Crippen molar-refractivity contribution in [3.05, 3.63) is 67.1 Å². The number of hydrogen-bond donors (Lipinski definition) is 0. The van der Waals surface area contributed by atoms with Gasteiger partial charge >= 0.3 is 0 Å². The number of hydrogen-bond acceptors (Lipinski definition) is 1. The predicted octanol–water partition coefficient (Wildman–Crippen LogP) is 5.83. The Kier molecular flexibility index (Phi) is 4.91. The highest BCUT2D eigenvalue weighted by Crippen LogP contribution is 2.27. The van der Waals surface area contributed by atoms with Crippen LogP contribution >= 0.6 is 50.7 Å². The maximum atomic E-state index is 12.2. The van der Waals surface area contributed by atoms with Crippen LogP contribution in [0.15, 0.2) is 40.9 Å². The molecule has 0 spiro atoms. The Hall–Kier alpha value is -0.540. The summed E-state index contributed by atoms with van der Waals surface area (Å²) in [6, 6.07) is 10.2. The average Bonchev–Trinajstić information content (AvgIpc) is 2.32. The summed E-state index contributed by atoms with van der Waals surface area (Å²) in [4.78, 5) is 12.2. The highest BCUT2D eigenvalue weighted by Gasteiger charge is 2.13. The Bertz CT molecular complexity index is 600. The van der Waals surface area contributed by atoms with Crippen molar-refractivity contribution in [2.45, 2.75) is 6.42 Å². The van der Waals surface area contributed by atoms with Crippen molar-refractivity contribution in [3.63, 3.8) is 0 Å². The third-order valence-corrected chi connectivity index (χ3v) is 3.97. The first-order chi connectivity index (χ1) is 8.97. The fourth-order valence-electron chi connectivity index (χ4n) is 1.68. The fraction of sp³-hybridized carbons (Fsp3) is 0.0714. The van der Waals surface area contributed by atoms with E-state index in [-0.39, 0.29) is 12.2 Å². The number of benzene rings is 2. The number of rotatable bonds is 3. The molecule has 5 heteroatoms. The highest BCUT2D eigenvalue weighted by molar-refractivity contribution is 9.10. The first-order valence-corrected chi connectivity index (χ1v) is 7.32. The number of carbonyl (C=O) groups excluding carboxylic acids is 1. The quantitative estimate of drug-likeness (QED) is 0.614. The largest absolute Gasteiger partial charge is 0.294 e. The second-order valence-electron chi connectivity index (χ2n) is 3.96. The van der Waals surface area contributed by atoms with E-state index in [9.17, 15) is 4.79 Å². The summed E-state index contributed by atoms with van der Waals surface area (Å²) < 4.78 is 0.758. The van der Waals surface area contributed by atoms with Crippen LogP contribution in [0.1, 0.15) is 15.9 Å². The molecule has 0 fully saturated rings. The third kappa shape index (κ3) is 3.73. The molecular weight excluding hydrogens is 370 g/mol. The smallest absolute Gasteiger partial charge is 0.167 e. The molecule has 0 aliphatic heterocycles. The van der Waals surface area contributed by atoms with Crippen molar-refractivity contribution in [1.82, 2.24) is 0 Å². The SMILES string of the molecule is O=C(Cc1c(Cl)cccc1Cl)c1cc(Cl)cc(Br)c1. The van der Waals surface area contributed by atoms with E-state index in [1.807, 2.05) is 0 Å². The van der Waals surface area contributed by atoms with E-state index in [2.05, 4.69) is 15.9 Å². The van der Waals surface area contributed by atoms with Crippen LogP contribution in [0.4, 0.5) is 0 Å². The number of ketones is 1. The third-order valence-electron chi connectivity index (χ3n) is 2.58. The molecule has 19 heavy (non-hydrogen) atoms. The summed E-state index contributed by atoms with van der Waals surface area (Å²) in [6.07, 6.45) is 0.144. The molecule has 0 aliphatic carbocycles. The maximum absolute atomic E-state index is 12.2. The van der Waals surface area contributed by atoms with Gasteiger partial charge in [0.15, 0.2) is 5.78 Å². The summed E-state index contributed by atoms with van der Waals surface area (Å²) in [5.41, 5.74) is 1.15. The van der Waals surface area contributed by atoms with Crippen LogP contribution in [-0.2, 0) is 6.42 Å². The van der Waals surface area contributed by atoms with Gasteiger partial charge in [-0.15, -0.1) is 0 Å². The molecule has 0 unspecified atom stereocenters. The van der Waals surface area contributed by atoms with E-state index >= 15 is 0 Å². The summed E-state index contributed by atoms with van der Waals surface area (Å²) in [6.45, 7) is 0. The van der Waals surface area contributed by atoms with Crippen molar-refractivity contribution >= 4 is 56.5 Å². The Morgan fingerprint density at radius 3 is 2.26 bits per heavy atom. The van der Waals surface area contributed by atoms with E-state index < -0.39 is 0 Å². The minimum Gasteiger partial charge on any atom is -0.294 e. The molecular formula is C14H8BrCl3O. The van der Waals surface area contributed by atoms with E-state index in [1.165, 1.54) is 0 Å². The fourth-order valence-corrected chi connectivity index (χ4v) is 3.07. The molecule has 2 aromatic carbocycles. The second-order valence-corrected chi connectivity index (χ2v) is 6.12. The lowest BCUT2D eigenvalue weighted by Gasteiger charge is -2.07. The van der Waals surface area contributed by atoms with Crippen LogP contribution < -0.4 is 0 Å². The van der Waals surface area contributed by atoms with Crippen molar-refractivity contribution < 1.29 is 4.79 Å². The highest BCUT2D eigenvalue weighted by atomic mass is 79.9. The molecule has 0 saturated heterocycles. The summed E-state index contributed by atoms with van der Waals surface area (Å²) in [7, 11) is 0. The van der Waals surface area contributed by atoms with Gasteiger partial charge in [-0.25, -0.2) is 0 Å². The number of Topliss-reactive ketones (excluding diaryl/α,β-unsaturated/α-hetero) is 1. The topological polar surface area (TPSA) is 17.1 Å². The van der Waals surface area contributed by atoms with Gasteiger partial charge in [0, 0.05) is 31.5 Å². The standard InChI is InChI=1S/C14H8BrCl3O/c15-9-4-8(5-10(16)6-9)14(19)7-11-12(17)2-1-3-13(11)18/h1-6H,7H2. The molecule has 98 valence electrons. The number of carbonyl (C=O) groups is 1. The minimum absolute atomic E-state index is 0.0850. The Labute approximate surface area is 134 Å². The van der Waals surface area contributed by atoms with Crippen LogP contribution in [0.5, 0.6) is 0 Å². The molecule has 0 amide bonds. The van der Waals surface area contributed by atoms with Crippen molar-refractivity contribution in [2.75, 3.05) is 0 Å². The van der Waals surface area contributed by atoms with Crippen LogP contribution in [0, 0.1) is 0 Å². The zero-order valence-electron chi connectivity index (χ0n) is 9.59. The first kappa shape index (κ1) is 14.9. The minimum atomic E-state index is -0.0850. The second kappa shape index (κ2) is 6.27. The molecule has 0 bridgehead atoms. The first-order valence-electron chi connectivity index (χ1n) is 5.39. The van der Waals surface area contributed by atoms with E-state index in [4.69, 9.17) is 34.8 Å². The van der Waals surface area contributed by atoms with Crippen LogP contribution in [0.3, 0.4) is 0 Å². The predicted molar refractivity (Wildman–Crippen MR) is 83.6 cm³/mol. The van der Waals surface area contributed by atoms with Crippen LogP contribution in [0.25, 0.3) is 0 Å². The Morgan fingerprint density at radius 1 is 1.05 bits per heavy atom. The van der Waals surface area contributed by atoms with Crippen LogP contribution in [0.2, 0.25) is 15.1 Å². The zero-order valence-corrected chi connectivity index (χ0v) is 13.4. The normalized spacial score (nSPS) is 10.5. The summed E-state index contributed by atoms with van der Waals surface area (Å²) >= 11 is 21.3. The van der Waals surface area contributed by atoms with Crippen molar-refractivity contribution in [2.24, 2.45) is 0 Å². The summed E-state index contributed by atoms with van der Waals surface area (Å²) in [5, 5.41) is 1.48. The van der Waals surface area contributed by atoms with Gasteiger partial charge in [0.2, 0.25) is 0 Å². The zero-order chi connectivity index (χ0) is 14.0. The maximum Gasteiger partial charge on any atom is 0.167 e. The number of halogens is 4. The summed E-state index contributed by atoms with van der Waals surface area (Å²) in [5.74, 6) is -0.0850. The van der Waals surface area contributed by atoms with Gasteiger partial charge in [-0.3, -0.25) is 4.79 Å². The molecule has 0 aliphatic rings. The molecule has 0 N–H and O–H groups in total. The molecule has 1 nitrogen and oxygen atoms in total. The van der Waals surface area contributed by atoms with Gasteiger partial charge in [-0.1, -0.05) is 56.8 Å². The van der Waals surface area contributed by atoms with Crippen molar-refractivity contribution in [3.8, 4) is 0 Å². The molecule has 0 saturated carbocycles. The molecule has 0 heterocycles. The van der Waals surface area contributed by atoms with Crippen molar-refractivity contribution in [1.29, 1.82) is 0 Å². The Morgan fingerprint density at radius 2 is 1.68 bits per heavy atom.